The Bertz CT molecular complexity index is 489. The van der Waals surface area contributed by atoms with Crippen LogP contribution in [-0.2, 0) is 6.54 Å². The fourth-order valence-corrected chi connectivity index (χ4v) is 3.01. The Balaban J connectivity index is 2.03. The Labute approximate surface area is 119 Å². The lowest BCUT2D eigenvalue weighted by Gasteiger charge is -2.34. The topological polar surface area (TPSA) is 40.5 Å². The Kier molecular flexibility index (Phi) is 4.76. The third kappa shape index (κ3) is 3.57. The minimum absolute atomic E-state index is 0.000177. The van der Waals surface area contributed by atoms with Gasteiger partial charge >= 0.3 is 5.97 Å². The molecule has 1 fully saturated rings. The minimum Gasteiger partial charge on any atom is -0.478 e. The van der Waals surface area contributed by atoms with E-state index < -0.39 is 11.8 Å². The average Bonchev–Trinajstić information content (AvgIpc) is 2.40. The highest BCUT2D eigenvalue weighted by atomic mass is 19.1. The number of rotatable bonds is 4. The number of carboxylic acids is 1. The number of carboxylic acid groups (broad SMARTS) is 1. The SMILES string of the molecule is CC1CCCC(N(C)Cc2ccc(C(=O)O)cc2F)C1. The molecule has 1 aromatic rings. The summed E-state index contributed by atoms with van der Waals surface area (Å²) in [6, 6.07) is 4.66. The van der Waals surface area contributed by atoms with E-state index in [1.54, 1.807) is 6.07 Å². The predicted molar refractivity (Wildman–Crippen MR) is 76.2 cm³/mol. The average molecular weight is 279 g/mol. The molecule has 20 heavy (non-hydrogen) atoms. The number of nitrogens with zero attached hydrogens (tertiary/aromatic N) is 1. The first-order valence-electron chi connectivity index (χ1n) is 7.19. The molecule has 2 unspecified atom stereocenters. The van der Waals surface area contributed by atoms with Crippen LogP contribution in [0.4, 0.5) is 4.39 Å². The molecule has 110 valence electrons. The summed E-state index contributed by atoms with van der Waals surface area (Å²) in [5.41, 5.74) is 0.566. The van der Waals surface area contributed by atoms with Crippen LogP contribution in [0.5, 0.6) is 0 Å². The molecule has 0 bridgehead atoms. The minimum atomic E-state index is -1.09. The molecule has 1 saturated carbocycles. The molecule has 1 aliphatic carbocycles. The van der Waals surface area contributed by atoms with Crippen LogP contribution >= 0.6 is 0 Å². The Morgan fingerprint density at radius 2 is 2.20 bits per heavy atom. The normalized spacial score (nSPS) is 23.0. The van der Waals surface area contributed by atoms with E-state index in [4.69, 9.17) is 5.11 Å². The summed E-state index contributed by atoms with van der Waals surface area (Å²) in [4.78, 5) is 13.0. The van der Waals surface area contributed by atoms with Crippen LogP contribution in [0.15, 0.2) is 18.2 Å². The molecule has 3 nitrogen and oxygen atoms in total. The number of benzene rings is 1. The van der Waals surface area contributed by atoms with Gasteiger partial charge in [-0.3, -0.25) is 4.90 Å². The molecule has 0 aromatic heterocycles. The lowest BCUT2D eigenvalue weighted by Crippen LogP contribution is -2.35. The van der Waals surface area contributed by atoms with E-state index in [9.17, 15) is 9.18 Å². The van der Waals surface area contributed by atoms with Crippen LogP contribution in [0.1, 0.15) is 48.5 Å². The van der Waals surface area contributed by atoms with E-state index in [0.29, 0.717) is 18.2 Å². The third-order valence-electron chi connectivity index (χ3n) is 4.25. The Morgan fingerprint density at radius 1 is 1.45 bits per heavy atom. The smallest absolute Gasteiger partial charge is 0.335 e. The molecule has 1 aromatic carbocycles. The van der Waals surface area contributed by atoms with Crippen LogP contribution in [-0.4, -0.2) is 29.1 Å². The number of aromatic carboxylic acids is 1. The van der Waals surface area contributed by atoms with Gasteiger partial charge in [-0.1, -0.05) is 25.8 Å². The summed E-state index contributed by atoms with van der Waals surface area (Å²) in [5.74, 6) is -0.791. The van der Waals surface area contributed by atoms with Crippen LogP contribution in [0.25, 0.3) is 0 Å². The lowest BCUT2D eigenvalue weighted by atomic mass is 9.86. The van der Waals surface area contributed by atoms with Crippen molar-refractivity contribution < 1.29 is 14.3 Å². The monoisotopic (exact) mass is 279 g/mol. The molecular weight excluding hydrogens is 257 g/mol. The Hall–Kier alpha value is -1.42. The van der Waals surface area contributed by atoms with Crippen molar-refractivity contribution in [2.45, 2.75) is 45.2 Å². The highest BCUT2D eigenvalue weighted by molar-refractivity contribution is 5.87. The summed E-state index contributed by atoms with van der Waals surface area (Å²) in [7, 11) is 2.02. The maximum atomic E-state index is 13.9. The predicted octanol–water partition coefficient (Wildman–Crippen LogP) is 3.53. The lowest BCUT2D eigenvalue weighted by molar-refractivity contribution is 0.0696. The highest BCUT2D eigenvalue weighted by Crippen LogP contribution is 2.27. The van der Waals surface area contributed by atoms with Crippen molar-refractivity contribution in [3.63, 3.8) is 0 Å². The first-order chi connectivity index (χ1) is 9.47. The van der Waals surface area contributed by atoms with Gasteiger partial charge in [-0.15, -0.1) is 0 Å². The summed E-state index contributed by atoms with van der Waals surface area (Å²) in [6.07, 6.45) is 4.84. The van der Waals surface area contributed by atoms with E-state index in [1.807, 2.05) is 7.05 Å². The van der Waals surface area contributed by atoms with Crippen LogP contribution < -0.4 is 0 Å². The fourth-order valence-electron chi connectivity index (χ4n) is 3.01. The molecule has 2 atom stereocenters. The molecule has 0 spiro atoms. The molecular formula is C16H22FNO2. The van der Waals surface area contributed by atoms with Crippen molar-refractivity contribution in [3.05, 3.63) is 35.1 Å². The number of hydrogen-bond donors (Lipinski definition) is 1. The van der Waals surface area contributed by atoms with Crippen molar-refractivity contribution in [1.29, 1.82) is 0 Å². The van der Waals surface area contributed by atoms with Gasteiger partial charge in [-0.2, -0.15) is 0 Å². The first-order valence-corrected chi connectivity index (χ1v) is 7.19. The maximum absolute atomic E-state index is 13.9. The van der Waals surface area contributed by atoms with Crippen molar-refractivity contribution in [1.82, 2.24) is 4.90 Å². The number of hydrogen-bond acceptors (Lipinski definition) is 2. The highest BCUT2D eigenvalue weighted by Gasteiger charge is 2.23. The zero-order valence-corrected chi connectivity index (χ0v) is 12.1. The van der Waals surface area contributed by atoms with E-state index in [0.717, 1.165) is 24.8 Å². The fraction of sp³-hybridized carbons (Fsp3) is 0.562. The summed E-state index contributed by atoms with van der Waals surface area (Å²) < 4.78 is 13.9. The van der Waals surface area contributed by atoms with E-state index in [2.05, 4.69) is 11.8 Å². The molecule has 1 N–H and O–H groups in total. The van der Waals surface area contributed by atoms with Gasteiger partial charge in [0.1, 0.15) is 5.82 Å². The zero-order valence-electron chi connectivity index (χ0n) is 12.1. The standard InChI is InChI=1S/C16H22FNO2/c1-11-4-3-5-14(8-11)18(2)10-13-7-6-12(16(19)20)9-15(13)17/h6-7,9,11,14H,3-5,8,10H2,1-2H3,(H,19,20). The maximum Gasteiger partial charge on any atom is 0.335 e. The van der Waals surface area contributed by atoms with Gasteiger partial charge in [0.2, 0.25) is 0 Å². The molecule has 0 radical (unpaired) electrons. The third-order valence-corrected chi connectivity index (χ3v) is 4.25. The van der Waals surface area contributed by atoms with Crippen molar-refractivity contribution in [2.75, 3.05) is 7.05 Å². The quantitative estimate of drug-likeness (QED) is 0.916. The van der Waals surface area contributed by atoms with Gasteiger partial charge in [-0.05, 0) is 37.9 Å². The zero-order chi connectivity index (χ0) is 14.7. The second-order valence-electron chi connectivity index (χ2n) is 5.95. The van der Waals surface area contributed by atoms with E-state index in [1.165, 1.54) is 18.9 Å². The van der Waals surface area contributed by atoms with Gasteiger partial charge in [0, 0.05) is 18.2 Å². The molecule has 0 heterocycles. The second kappa shape index (κ2) is 6.35. The van der Waals surface area contributed by atoms with Crippen LogP contribution in [0.3, 0.4) is 0 Å². The summed E-state index contributed by atoms with van der Waals surface area (Å²) in [5, 5.41) is 8.84. The van der Waals surface area contributed by atoms with Crippen molar-refractivity contribution in [2.24, 2.45) is 5.92 Å². The van der Waals surface area contributed by atoms with Gasteiger partial charge in [0.25, 0.3) is 0 Å². The van der Waals surface area contributed by atoms with E-state index >= 15 is 0 Å². The molecule has 1 aliphatic rings. The van der Waals surface area contributed by atoms with Gasteiger partial charge < -0.3 is 5.11 Å². The molecule has 0 amide bonds. The van der Waals surface area contributed by atoms with E-state index in [-0.39, 0.29) is 5.56 Å². The molecule has 4 heteroatoms. The second-order valence-corrected chi connectivity index (χ2v) is 5.95. The Morgan fingerprint density at radius 3 is 2.80 bits per heavy atom. The van der Waals surface area contributed by atoms with Gasteiger partial charge in [-0.25, -0.2) is 9.18 Å². The number of halogens is 1. The van der Waals surface area contributed by atoms with Gasteiger partial charge in [0.05, 0.1) is 5.56 Å². The molecule has 2 rings (SSSR count). The van der Waals surface area contributed by atoms with Gasteiger partial charge in [0.15, 0.2) is 0 Å². The molecule has 0 aliphatic heterocycles. The van der Waals surface area contributed by atoms with Crippen LogP contribution in [0.2, 0.25) is 0 Å². The summed E-state index contributed by atoms with van der Waals surface area (Å²) in [6.45, 7) is 2.80. The van der Waals surface area contributed by atoms with Crippen molar-refractivity contribution in [3.8, 4) is 0 Å². The first kappa shape index (κ1) is 15.0. The van der Waals surface area contributed by atoms with Crippen LogP contribution in [0, 0.1) is 11.7 Å². The summed E-state index contributed by atoms with van der Waals surface area (Å²) >= 11 is 0. The van der Waals surface area contributed by atoms with Crippen molar-refractivity contribution >= 4 is 5.97 Å². The largest absolute Gasteiger partial charge is 0.478 e. The molecule has 0 saturated heterocycles. The number of carbonyl (C=O) groups is 1.